The summed E-state index contributed by atoms with van der Waals surface area (Å²) in [6.07, 6.45) is -0.526. The van der Waals surface area contributed by atoms with Gasteiger partial charge in [0.05, 0.1) is 6.54 Å². The maximum absolute atomic E-state index is 10.8. The second-order valence-corrected chi connectivity index (χ2v) is 3.22. The summed E-state index contributed by atoms with van der Waals surface area (Å²) in [4.78, 5) is 10.8. The van der Waals surface area contributed by atoms with Gasteiger partial charge in [-0.05, 0) is 11.1 Å². The molecule has 3 N–H and O–H groups in total. The van der Waals surface area contributed by atoms with E-state index in [1.807, 2.05) is 24.3 Å². The fraction of sp³-hybridized carbons (Fsp3) is 0.300. The van der Waals surface area contributed by atoms with Crippen molar-refractivity contribution in [3.05, 3.63) is 35.4 Å². The van der Waals surface area contributed by atoms with Gasteiger partial charge in [-0.15, -0.1) is 0 Å². The third-order valence-corrected chi connectivity index (χ3v) is 2.24. The van der Waals surface area contributed by atoms with Gasteiger partial charge in [0.15, 0.2) is 0 Å². The summed E-state index contributed by atoms with van der Waals surface area (Å²) in [7, 11) is 0. The van der Waals surface area contributed by atoms with E-state index in [2.05, 4.69) is 5.32 Å². The molecule has 2 rings (SSSR count). The van der Waals surface area contributed by atoms with Crippen LogP contribution in [-0.4, -0.2) is 12.6 Å². The maximum Gasteiger partial charge on any atom is 0.407 e. The lowest BCUT2D eigenvalue weighted by Gasteiger charge is -2.08. The van der Waals surface area contributed by atoms with Gasteiger partial charge in [-0.1, -0.05) is 24.3 Å². The van der Waals surface area contributed by atoms with Crippen LogP contribution < -0.4 is 11.1 Å². The van der Waals surface area contributed by atoms with Crippen molar-refractivity contribution in [2.24, 2.45) is 5.73 Å². The summed E-state index contributed by atoms with van der Waals surface area (Å²) in [6, 6.07) is 7.77. The number of alkyl carbamates (subject to hydrolysis) is 1. The molecular formula is C10H12N2O2. The lowest BCUT2D eigenvalue weighted by molar-refractivity contribution is 0.141. The molecule has 14 heavy (non-hydrogen) atoms. The van der Waals surface area contributed by atoms with Crippen molar-refractivity contribution in [3.8, 4) is 0 Å². The Kier molecular flexibility index (Phi) is 2.37. The van der Waals surface area contributed by atoms with Gasteiger partial charge >= 0.3 is 6.09 Å². The number of nitrogens with two attached hydrogens (primary N) is 1. The molecule has 1 heterocycles. The van der Waals surface area contributed by atoms with Gasteiger partial charge < -0.3 is 15.8 Å². The van der Waals surface area contributed by atoms with Crippen LogP contribution in [-0.2, 0) is 11.3 Å². The van der Waals surface area contributed by atoms with Crippen molar-refractivity contribution >= 4 is 6.09 Å². The van der Waals surface area contributed by atoms with E-state index in [4.69, 9.17) is 10.5 Å². The van der Waals surface area contributed by atoms with E-state index in [1.165, 1.54) is 0 Å². The normalized spacial score (nSPS) is 20.4. The molecule has 4 nitrogen and oxygen atoms in total. The number of cyclic esters (lactones) is 1. The summed E-state index contributed by atoms with van der Waals surface area (Å²) in [5, 5.41) is 2.61. The first-order valence-electron chi connectivity index (χ1n) is 4.53. The van der Waals surface area contributed by atoms with Crippen molar-refractivity contribution < 1.29 is 9.53 Å². The Hall–Kier alpha value is -1.55. The summed E-state index contributed by atoms with van der Waals surface area (Å²) >= 11 is 0. The summed E-state index contributed by atoms with van der Waals surface area (Å²) in [6.45, 7) is 1.04. The molecule has 1 unspecified atom stereocenters. The Morgan fingerprint density at radius 1 is 1.57 bits per heavy atom. The summed E-state index contributed by atoms with van der Waals surface area (Å²) in [5.41, 5.74) is 7.56. The van der Waals surface area contributed by atoms with Gasteiger partial charge in [0.2, 0.25) is 0 Å². The highest BCUT2D eigenvalue weighted by atomic mass is 16.6. The molecule has 74 valence electrons. The van der Waals surface area contributed by atoms with E-state index >= 15 is 0 Å². The van der Waals surface area contributed by atoms with E-state index in [-0.39, 0.29) is 12.2 Å². The first-order chi connectivity index (χ1) is 6.79. The van der Waals surface area contributed by atoms with E-state index < -0.39 is 0 Å². The minimum absolute atomic E-state index is 0.172. The van der Waals surface area contributed by atoms with Gasteiger partial charge in [-0.3, -0.25) is 0 Å². The highest BCUT2D eigenvalue weighted by molar-refractivity contribution is 5.69. The number of rotatable bonds is 2. The van der Waals surface area contributed by atoms with Crippen molar-refractivity contribution in [1.29, 1.82) is 0 Å². The monoisotopic (exact) mass is 192 g/mol. The number of benzene rings is 1. The average molecular weight is 192 g/mol. The van der Waals surface area contributed by atoms with Crippen LogP contribution in [0.25, 0.3) is 0 Å². The topological polar surface area (TPSA) is 64.3 Å². The number of nitrogens with one attached hydrogen (secondary N) is 1. The predicted octanol–water partition coefficient (Wildman–Crippen LogP) is 0.926. The average Bonchev–Trinajstić information content (AvgIpc) is 2.65. The van der Waals surface area contributed by atoms with E-state index in [9.17, 15) is 4.79 Å². The van der Waals surface area contributed by atoms with Gasteiger partial charge in [-0.25, -0.2) is 4.79 Å². The Balaban J connectivity index is 2.19. The van der Waals surface area contributed by atoms with Crippen molar-refractivity contribution in [3.63, 3.8) is 0 Å². The molecule has 0 bridgehead atoms. The van der Waals surface area contributed by atoms with Crippen LogP contribution in [0.15, 0.2) is 24.3 Å². The second kappa shape index (κ2) is 3.67. The van der Waals surface area contributed by atoms with E-state index in [0.717, 1.165) is 11.1 Å². The fourth-order valence-electron chi connectivity index (χ4n) is 1.49. The SMILES string of the molecule is NCc1cccc(C2CNC(=O)O2)c1. The van der Waals surface area contributed by atoms with Crippen LogP contribution in [0.1, 0.15) is 17.2 Å². The highest BCUT2D eigenvalue weighted by Crippen LogP contribution is 2.21. The number of hydrogen-bond acceptors (Lipinski definition) is 3. The number of hydrogen-bond donors (Lipinski definition) is 2. The van der Waals surface area contributed by atoms with Crippen LogP contribution in [0, 0.1) is 0 Å². The van der Waals surface area contributed by atoms with Crippen molar-refractivity contribution in [2.45, 2.75) is 12.6 Å². The molecular weight excluding hydrogens is 180 g/mol. The molecule has 1 amide bonds. The smallest absolute Gasteiger partial charge is 0.407 e. The van der Waals surface area contributed by atoms with Crippen LogP contribution in [0.2, 0.25) is 0 Å². The summed E-state index contributed by atoms with van der Waals surface area (Å²) in [5.74, 6) is 0. The zero-order chi connectivity index (χ0) is 9.97. The fourth-order valence-corrected chi connectivity index (χ4v) is 1.49. The molecule has 1 fully saturated rings. The maximum atomic E-state index is 10.8. The molecule has 1 aliphatic rings. The molecule has 1 aromatic rings. The van der Waals surface area contributed by atoms with Crippen LogP contribution in [0.4, 0.5) is 4.79 Å². The number of carbonyl (C=O) groups excluding carboxylic acids is 1. The Morgan fingerprint density at radius 2 is 2.43 bits per heavy atom. The third kappa shape index (κ3) is 1.70. The second-order valence-electron chi connectivity index (χ2n) is 3.22. The number of carbonyl (C=O) groups is 1. The van der Waals surface area contributed by atoms with Crippen molar-refractivity contribution in [1.82, 2.24) is 5.32 Å². The molecule has 0 aliphatic carbocycles. The molecule has 1 aromatic carbocycles. The Labute approximate surface area is 82.1 Å². The minimum Gasteiger partial charge on any atom is -0.439 e. The van der Waals surface area contributed by atoms with Gasteiger partial charge in [0.25, 0.3) is 0 Å². The standard InChI is InChI=1S/C10H12N2O2/c11-5-7-2-1-3-8(4-7)9-6-12-10(13)14-9/h1-4,9H,5-6,11H2,(H,12,13). The molecule has 1 aliphatic heterocycles. The molecule has 0 aromatic heterocycles. The predicted molar refractivity (Wildman–Crippen MR) is 51.6 cm³/mol. The first-order valence-corrected chi connectivity index (χ1v) is 4.53. The molecule has 0 saturated carbocycles. The molecule has 0 radical (unpaired) electrons. The van der Waals surface area contributed by atoms with Gasteiger partial charge in [-0.2, -0.15) is 0 Å². The van der Waals surface area contributed by atoms with Gasteiger partial charge in [0, 0.05) is 6.54 Å². The third-order valence-electron chi connectivity index (χ3n) is 2.24. The lowest BCUT2D eigenvalue weighted by atomic mass is 10.1. The molecule has 4 heteroatoms. The van der Waals surface area contributed by atoms with Crippen LogP contribution in [0.5, 0.6) is 0 Å². The number of amides is 1. The molecule has 0 spiro atoms. The molecule has 1 atom stereocenters. The minimum atomic E-state index is -0.354. The van der Waals surface area contributed by atoms with Crippen LogP contribution in [0.3, 0.4) is 0 Å². The lowest BCUT2D eigenvalue weighted by Crippen LogP contribution is -2.12. The van der Waals surface area contributed by atoms with E-state index in [0.29, 0.717) is 13.1 Å². The quantitative estimate of drug-likeness (QED) is 0.732. The zero-order valence-corrected chi connectivity index (χ0v) is 7.69. The van der Waals surface area contributed by atoms with Crippen LogP contribution >= 0.6 is 0 Å². The molecule has 1 saturated heterocycles. The largest absolute Gasteiger partial charge is 0.439 e. The highest BCUT2D eigenvalue weighted by Gasteiger charge is 2.23. The summed E-state index contributed by atoms with van der Waals surface area (Å²) < 4.78 is 5.06. The van der Waals surface area contributed by atoms with Gasteiger partial charge in [0.1, 0.15) is 6.10 Å². The van der Waals surface area contributed by atoms with Crippen molar-refractivity contribution in [2.75, 3.05) is 6.54 Å². The zero-order valence-electron chi connectivity index (χ0n) is 7.69. The Morgan fingerprint density at radius 3 is 3.07 bits per heavy atom. The number of ether oxygens (including phenoxy) is 1. The van der Waals surface area contributed by atoms with E-state index in [1.54, 1.807) is 0 Å². The Bertz CT molecular complexity index is 352. The first kappa shape index (κ1) is 9.02.